The van der Waals surface area contributed by atoms with Gasteiger partial charge in [-0.05, 0) is 41.9 Å². The fourth-order valence-corrected chi connectivity index (χ4v) is 1.95. The molecule has 17 heavy (non-hydrogen) atoms. The lowest BCUT2D eigenvalue weighted by molar-refractivity contribution is 0.731. The Morgan fingerprint density at radius 2 is 2.12 bits per heavy atom. The highest BCUT2D eigenvalue weighted by molar-refractivity contribution is 9.10. The number of aryl methyl sites for hydroxylation is 2. The van der Waals surface area contributed by atoms with Crippen LogP contribution in [0.25, 0.3) is 0 Å². The second-order valence-electron chi connectivity index (χ2n) is 3.99. The van der Waals surface area contributed by atoms with Gasteiger partial charge in [-0.3, -0.25) is 9.67 Å². The fourth-order valence-electron chi connectivity index (χ4n) is 1.72. The van der Waals surface area contributed by atoms with Gasteiger partial charge in [-0.15, -0.1) is 0 Å². The molecule has 0 atom stereocenters. The molecule has 2 rings (SSSR count). The summed E-state index contributed by atoms with van der Waals surface area (Å²) in [5.41, 5.74) is 4.26. The maximum atomic E-state index is 4.36. The molecule has 0 aliphatic heterocycles. The van der Waals surface area contributed by atoms with Gasteiger partial charge in [0.1, 0.15) is 0 Å². The zero-order valence-corrected chi connectivity index (χ0v) is 11.7. The van der Waals surface area contributed by atoms with Gasteiger partial charge in [0, 0.05) is 17.7 Å². The standard InChI is InChI=1S/C12H15BrN4/c1-8-12(9(2)17(3)16-8)15-7-11-5-4-10(13)6-14-11/h4-6,15H,7H2,1-3H3. The van der Waals surface area contributed by atoms with Crippen molar-refractivity contribution in [3.05, 3.63) is 39.9 Å². The number of aromatic nitrogens is 3. The molecule has 0 aliphatic carbocycles. The Bertz CT molecular complexity index is 516. The number of pyridine rings is 1. The highest BCUT2D eigenvalue weighted by Crippen LogP contribution is 2.19. The molecule has 0 saturated carbocycles. The van der Waals surface area contributed by atoms with E-state index in [0.29, 0.717) is 6.54 Å². The van der Waals surface area contributed by atoms with Gasteiger partial charge in [0.2, 0.25) is 0 Å². The van der Waals surface area contributed by atoms with Crippen LogP contribution in [-0.4, -0.2) is 14.8 Å². The van der Waals surface area contributed by atoms with Crippen molar-refractivity contribution in [3.8, 4) is 0 Å². The zero-order chi connectivity index (χ0) is 12.4. The van der Waals surface area contributed by atoms with Gasteiger partial charge in [-0.25, -0.2) is 0 Å². The minimum absolute atomic E-state index is 0.709. The van der Waals surface area contributed by atoms with E-state index in [2.05, 4.69) is 38.3 Å². The number of rotatable bonds is 3. The molecule has 0 fully saturated rings. The number of nitrogens with zero attached hydrogens (tertiary/aromatic N) is 3. The van der Waals surface area contributed by atoms with Crippen molar-refractivity contribution in [2.45, 2.75) is 20.4 Å². The third-order valence-corrected chi connectivity index (χ3v) is 3.21. The van der Waals surface area contributed by atoms with E-state index in [0.717, 1.165) is 27.2 Å². The molecule has 5 heteroatoms. The lowest BCUT2D eigenvalue weighted by atomic mass is 10.3. The highest BCUT2D eigenvalue weighted by atomic mass is 79.9. The van der Waals surface area contributed by atoms with E-state index < -0.39 is 0 Å². The Balaban J connectivity index is 2.09. The second-order valence-corrected chi connectivity index (χ2v) is 4.91. The van der Waals surface area contributed by atoms with Crippen molar-refractivity contribution in [1.82, 2.24) is 14.8 Å². The minimum atomic E-state index is 0.709. The summed E-state index contributed by atoms with van der Waals surface area (Å²) in [6.45, 7) is 4.77. The first-order valence-corrected chi connectivity index (χ1v) is 6.21. The topological polar surface area (TPSA) is 42.7 Å². The van der Waals surface area contributed by atoms with Crippen LogP contribution in [0.5, 0.6) is 0 Å². The zero-order valence-electron chi connectivity index (χ0n) is 10.2. The first-order valence-electron chi connectivity index (χ1n) is 5.42. The Kier molecular flexibility index (Phi) is 3.47. The quantitative estimate of drug-likeness (QED) is 0.947. The van der Waals surface area contributed by atoms with Crippen LogP contribution in [0, 0.1) is 13.8 Å². The molecule has 0 saturated heterocycles. The molecule has 0 radical (unpaired) electrons. The smallest absolute Gasteiger partial charge is 0.0827 e. The van der Waals surface area contributed by atoms with Gasteiger partial charge >= 0.3 is 0 Å². The third-order valence-electron chi connectivity index (χ3n) is 2.74. The highest BCUT2D eigenvalue weighted by Gasteiger charge is 2.08. The molecule has 2 aromatic rings. The number of anilines is 1. The summed E-state index contributed by atoms with van der Waals surface area (Å²) < 4.78 is 2.88. The van der Waals surface area contributed by atoms with Crippen molar-refractivity contribution >= 4 is 21.6 Å². The Morgan fingerprint density at radius 3 is 2.65 bits per heavy atom. The monoisotopic (exact) mass is 294 g/mol. The summed E-state index contributed by atoms with van der Waals surface area (Å²) in [6, 6.07) is 3.99. The predicted octanol–water partition coefficient (Wildman–Crippen LogP) is 2.81. The molecule has 0 aromatic carbocycles. The van der Waals surface area contributed by atoms with Crippen molar-refractivity contribution in [3.63, 3.8) is 0 Å². The van der Waals surface area contributed by atoms with Crippen molar-refractivity contribution in [2.75, 3.05) is 5.32 Å². The van der Waals surface area contributed by atoms with Crippen molar-refractivity contribution in [2.24, 2.45) is 7.05 Å². The number of nitrogens with one attached hydrogen (secondary N) is 1. The maximum Gasteiger partial charge on any atom is 0.0827 e. The van der Waals surface area contributed by atoms with Gasteiger partial charge in [0.05, 0.1) is 29.3 Å². The van der Waals surface area contributed by atoms with Crippen LogP contribution in [-0.2, 0) is 13.6 Å². The molecule has 0 bridgehead atoms. The van der Waals surface area contributed by atoms with Crippen molar-refractivity contribution in [1.29, 1.82) is 0 Å². The van der Waals surface area contributed by atoms with Gasteiger partial charge in [0.15, 0.2) is 0 Å². The SMILES string of the molecule is Cc1nn(C)c(C)c1NCc1ccc(Br)cn1. The van der Waals surface area contributed by atoms with E-state index in [1.807, 2.05) is 30.8 Å². The average Bonchev–Trinajstić information content (AvgIpc) is 2.54. The summed E-state index contributed by atoms with van der Waals surface area (Å²) in [4.78, 5) is 4.32. The van der Waals surface area contributed by atoms with Gasteiger partial charge in [0.25, 0.3) is 0 Å². The lowest BCUT2D eigenvalue weighted by Gasteiger charge is -2.06. The van der Waals surface area contributed by atoms with Crippen LogP contribution < -0.4 is 5.32 Å². The molecular formula is C12H15BrN4. The number of hydrogen-bond acceptors (Lipinski definition) is 3. The van der Waals surface area contributed by atoms with E-state index >= 15 is 0 Å². The molecule has 4 nitrogen and oxygen atoms in total. The van der Waals surface area contributed by atoms with Crippen LogP contribution in [0.15, 0.2) is 22.8 Å². The first kappa shape index (κ1) is 12.1. The molecule has 0 aliphatic rings. The Hall–Kier alpha value is -1.36. The van der Waals surface area contributed by atoms with Gasteiger partial charge < -0.3 is 5.32 Å². The molecule has 90 valence electrons. The molecule has 2 aromatic heterocycles. The summed E-state index contributed by atoms with van der Waals surface area (Å²) in [5, 5.41) is 7.74. The molecule has 0 spiro atoms. The third kappa shape index (κ3) is 2.66. The summed E-state index contributed by atoms with van der Waals surface area (Å²) in [5.74, 6) is 0. The minimum Gasteiger partial charge on any atom is -0.376 e. The molecule has 2 heterocycles. The summed E-state index contributed by atoms with van der Waals surface area (Å²) in [7, 11) is 1.95. The van der Waals surface area contributed by atoms with Crippen LogP contribution in [0.4, 0.5) is 5.69 Å². The van der Waals surface area contributed by atoms with Crippen LogP contribution in [0.2, 0.25) is 0 Å². The molecular weight excluding hydrogens is 280 g/mol. The summed E-state index contributed by atoms with van der Waals surface area (Å²) in [6.07, 6.45) is 1.81. The fraction of sp³-hybridized carbons (Fsp3) is 0.333. The number of hydrogen-bond donors (Lipinski definition) is 1. The molecule has 1 N–H and O–H groups in total. The second kappa shape index (κ2) is 4.87. The van der Waals surface area contributed by atoms with Crippen molar-refractivity contribution < 1.29 is 0 Å². The van der Waals surface area contributed by atoms with Gasteiger partial charge in [-0.2, -0.15) is 5.10 Å². The van der Waals surface area contributed by atoms with E-state index in [4.69, 9.17) is 0 Å². The van der Waals surface area contributed by atoms with E-state index in [-0.39, 0.29) is 0 Å². The molecule has 0 unspecified atom stereocenters. The largest absolute Gasteiger partial charge is 0.376 e. The summed E-state index contributed by atoms with van der Waals surface area (Å²) >= 11 is 3.37. The van der Waals surface area contributed by atoms with Crippen LogP contribution in [0.1, 0.15) is 17.1 Å². The Labute approximate surface area is 109 Å². The predicted molar refractivity (Wildman–Crippen MR) is 71.9 cm³/mol. The van der Waals surface area contributed by atoms with E-state index in [1.54, 1.807) is 6.20 Å². The Morgan fingerprint density at radius 1 is 1.35 bits per heavy atom. The van der Waals surface area contributed by atoms with Gasteiger partial charge in [-0.1, -0.05) is 0 Å². The van der Waals surface area contributed by atoms with E-state index in [1.165, 1.54) is 0 Å². The maximum absolute atomic E-state index is 4.36. The molecule has 0 amide bonds. The van der Waals surface area contributed by atoms with Crippen LogP contribution in [0.3, 0.4) is 0 Å². The number of halogens is 1. The first-order chi connectivity index (χ1) is 8.08. The average molecular weight is 295 g/mol. The lowest BCUT2D eigenvalue weighted by Crippen LogP contribution is -2.03. The van der Waals surface area contributed by atoms with E-state index in [9.17, 15) is 0 Å². The normalized spacial score (nSPS) is 10.6. The van der Waals surface area contributed by atoms with Crippen LogP contribution >= 0.6 is 15.9 Å².